The van der Waals surface area contributed by atoms with Gasteiger partial charge in [-0.2, -0.15) is 12.1 Å². The van der Waals surface area contributed by atoms with E-state index in [0.717, 1.165) is 0 Å². The molecule has 0 bridgehead atoms. The van der Waals surface area contributed by atoms with E-state index in [1.807, 2.05) is 0 Å². The van der Waals surface area contributed by atoms with Crippen LogP contribution in [0.3, 0.4) is 0 Å². The van der Waals surface area contributed by atoms with Crippen LogP contribution in [0.1, 0.15) is 61.8 Å². The Labute approximate surface area is 277 Å². The van der Waals surface area contributed by atoms with Crippen LogP contribution in [0.15, 0.2) is 109 Å². The zero-order chi connectivity index (χ0) is 26.8. The molecule has 0 heterocycles. The fourth-order valence-electron chi connectivity index (χ4n) is 5.15. The third-order valence-corrected chi connectivity index (χ3v) is 7.60. The second-order valence-electron chi connectivity index (χ2n) is 11.2. The molecule has 0 atom stereocenters. The Morgan fingerprint density at radius 3 is 1.15 bits per heavy atom. The van der Waals surface area contributed by atoms with Crippen LogP contribution < -0.4 is 24.8 Å². The monoisotopic (exact) mass is 654 g/mol. The molecule has 0 N–H and O–H groups in total. The topological polar surface area (TPSA) is 0 Å². The van der Waals surface area contributed by atoms with E-state index in [-0.39, 0.29) is 51.0 Å². The average molecular weight is 657 g/mol. The molecular formula is C38H38Cl2Zr. The van der Waals surface area contributed by atoms with E-state index in [1.54, 1.807) is 0 Å². The van der Waals surface area contributed by atoms with Crippen molar-refractivity contribution < 1.29 is 51.0 Å². The average Bonchev–Trinajstić information content (AvgIpc) is 3.55. The van der Waals surface area contributed by atoms with Crippen LogP contribution >= 0.6 is 0 Å². The van der Waals surface area contributed by atoms with Crippen molar-refractivity contribution in [3.8, 4) is 22.3 Å². The first-order valence-electron chi connectivity index (χ1n) is 13.8. The quantitative estimate of drug-likeness (QED) is 0.226. The first-order chi connectivity index (χ1) is 18.3. The third kappa shape index (κ3) is 7.90. The predicted molar refractivity (Wildman–Crippen MR) is 168 cm³/mol. The third-order valence-electron chi connectivity index (χ3n) is 7.60. The van der Waals surface area contributed by atoms with Crippen LogP contribution in [0.2, 0.25) is 0 Å². The molecule has 0 nitrogen and oxygen atoms in total. The van der Waals surface area contributed by atoms with Gasteiger partial charge in [0, 0.05) is 0 Å². The van der Waals surface area contributed by atoms with E-state index in [0.29, 0.717) is 11.8 Å². The molecule has 0 aliphatic carbocycles. The fourth-order valence-corrected chi connectivity index (χ4v) is 5.15. The van der Waals surface area contributed by atoms with E-state index in [9.17, 15) is 0 Å². The summed E-state index contributed by atoms with van der Waals surface area (Å²) in [5, 5.41) is 5.44. The molecule has 208 valence electrons. The molecule has 0 saturated heterocycles. The normalized spacial score (nSPS) is 10.5. The molecule has 0 amide bonds. The van der Waals surface area contributed by atoms with Crippen molar-refractivity contribution in [1.29, 1.82) is 0 Å². The van der Waals surface area contributed by atoms with Crippen molar-refractivity contribution in [2.75, 3.05) is 0 Å². The Bertz CT molecular complexity index is 1540. The molecule has 0 radical (unpaired) electrons. The number of fused-ring (bicyclic) bond motifs is 2. The zero-order valence-electron chi connectivity index (χ0n) is 24.8. The molecule has 0 fully saturated rings. The summed E-state index contributed by atoms with van der Waals surface area (Å²) in [7, 11) is 0. The van der Waals surface area contributed by atoms with Crippen LogP contribution in [0.4, 0.5) is 0 Å². The maximum atomic E-state index is 2.34. The molecule has 0 spiro atoms. The smallest absolute Gasteiger partial charge is 1.00 e. The summed E-state index contributed by atoms with van der Waals surface area (Å²) in [6.45, 7) is 13.3. The molecule has 0 aromatic heterocycles. The summed E-state index contributed by atoms with van der Waals surface area (Å²) in [6.07, 6.45) is 0. The molecular weight excluding hydrogens is 619 g/mol. The summed E-state index contributed by atoms with van der Waals surface area (Å²) >= 11 is 0. The number of benzene rings is 4. The van der Waals surface area contributed by atoms with Gasteiger partial charge in [-0.1, -0.05) is 111 Å². The molecule has 41 heavy (non-hydrogen) atoms. The minimum absolute atomic E-state index is 0. The summed E-state index contributed by atoms with van der Waals surface area (Å²) in [4.78, 5) is 0. The molecule has 0 saturated carbocycles. The van der Waals surface area contributed by atoms with Gasteiger partial charge in [0.25, 0.3) is 0 Å². The maximum Gasteiger partial charge on any atom is 4.00 e. The Morgan fingerprint density at radius 2 is 0.829 bits per heavy atom. The largest absolute Gasteiger partial charge is 4.00 e. The number of rotatable bonds is 4. The Morgan fingerprint density at radius 1 is 0.488 bits per heavy atom. The van der Waals surface area contributed by atoms with Crippen molar-refractivity contribution >= 4 is 21.5 Å². The van der Waals surface area contributed by atoms with Crippen LogP contribution in [-0.2, 0) is 26.2 Å². The molecule has 0 unspecified atom stereocenters. The SMILES string of the molecule is Cc1ccc(-c2cccc3[cH-]c(C(C)C)cc23)cc1.Cc1ccc(-c2cccc3[cH-]c(C(C)C)cc23)cc1.[Cl-].[Cl-].[Zr+4]. The molecule has 6 aromatic carbocycles. The Kier molecular flexibility index (Phi) is 12.8. The predicted octanol–water partition coefficient (Wildman–Crippen LogP) is 5.32. The summed E-state index contributed by atoms with van der Waals surface area (Å²) in [6, 6.07) is 40.1. The van der Waals surface area contributed by atoms with Crippen molar-refractivity contribution in [3.05, 3.63) is 131 Å². The minimum atomic E-state index is 0. The van der Waals surface area contributed by atoms with Gasteiger partial charge in [-0.15, -0.1) is 69.1 Å². The van der Waals surface area contributed by atoms with Crippen molar-refractivity contribution in [3.63, 3.8) is 0 Å². The van der Waals surface area contributed by atoms with Gasteiger partial charge in [-0.25, -0.2) is 0 Å². The number of aryl methyl sites for hydroxylation is 2. The van der Waals surface area contributed by atoms with Gasteiger partial charge < -0.3 is 24.8 Å². The van der Waals surface area contributed by atoms with E-state index in [1.165, 1.54) is 66.1 Å². The number of hydrogen-bond donors (Lipinski definition) is 0. The van der Waals surface area contributed by atoms with E-state index < -0.39 is 0 Å². The second kappa shape index (κ2) is 15.2. The van der Waals surface area contributed by atoms with Gasteiger partial charge in [0.05, 0.1) is 0 Å². The van der Waals surface area contributed by atoms with E-state index in [2.05, 4.69) is 151 Å². The van der Waals surface area contributed by atoms with Gasteiger partial charge in [-0.3, -0.25) is 0 Å². The second-order valence-corrected chi connectivity index (χ2v) is 11.2. The van der Waals surface area contributed by atoms with Gasteiger partial charge in [-0.05, 0) is 36.8 Å². The van der Waals surface area contributed by atoms with E-state index in [4.69, 9.17) is 0 Å². The van der Waals surface area contributed by atoms with Crippen LogP contribution in [0.25, 0.3) is 43.8 Å². The van der Waals surface area contributed by atoms with Gasteiger partial charge in [0.15, 0.2) is 0 Å². The van der Waals surface area contributed by atoms with Gasteiger partial charge in [0.2, 0.25) is 0 Å². The summed E-state index contributed by atoms with van der Waals surface area (Å²) in [5.74, 6) is 1.16. The molecule has 6 aromatic rings. The molecule has 0 aliphatic heterocycles. The van der Waals surface area contributed by atoms with Crippen molar-refractivity contribution in [2.45, 2.75) is 53.4 Å². The Hall–Kier alpha value is -2.44. The maximum absolute atomic E-state index is 2.34. The van der Waals surface area contributed by atoms with Crippen LogP contribution in [0.5, 0.6) is 0 Å². The zero-order valence-corrected chi connectivity index (χ0v) is 28.8. The summed E-state index contributed by atoms with van der Waals surface area (Å²) in [5.41, 5.74) is 10.7. The summed E-state index contributed by atoms with van der Waals surface area (Å²) < 4.78 is 0. The van der Waals surface area contributed by atoms with Gasteiger partial charge >= 0.3 is 26.2 Å². The van der Waals surface area contributed by atoms with Crippen LogP contribution in [0, 0.1) is 13.8 Å². The van der Waals surface area contributed by atoms with Gasteiger partial charge in [0.1, 0.15) is 0 Å². The van der Waals surface area contributed by atoms with E-state index >= 15 is 0 Å². The van der Waals surface area contributed by atoms with Crippen LogP contribution in [-0.4, -0.2) is 0 Å². The van der Waals surface area contributed by atoms with Crippen molar-refractivity contribution in [1.82, 2.24) is 0 Å². The van der Waals surface area contributed by atoms with Crippen molar-refractivity contribution in [2.24, 2.45) is 0 Å². The molecule has 3 heteroatoms. The molecule has 0 aliphatic rings. The molecule has 6 rings (SSSR count). The Balaban J connectivity index is 0.000000267. The number of hydrogen-bond acceptors (Lipinski definition) is 0. The minimum Gasteiger partial charge on any atom is -1.00 e. The number of halogens is 2. The fraction of sp³-hybridized carbons (Fsp3) is 0.211. The first-order valence-corrected chi connectivity index (χ1v) is 13.8. The first kappa shape index (κ1) is 34.8. The standard InChI is InChI=1S/2C19H19.2ClH.Zr/c2*1-13(2)17-11-16-5-4-6-18(19(16)12-17)15-9-7-14(3)8-10-15;;;/h2*4-13H,1-3H3;2*1H;/q2*-1;;;+4/p-2.